The van der Waals surface area contributed by atoms with Crippen LogP contribution in [-0.4, -0.2) is 32.9 Å². The summed E-state index contributed by atoms with van der Waals surface area (Å²) < 4.78 is 1.45. The fourth-order valence-electron chi connectivity index (χ4n) is 4.99. The van der Waals surface area contributed by atoms with E-state index in [9.17, 15) is 9.59 Å². The van der Waals surface area contributed by atoms with E-state index in [1.165, 1.54) is 22.2 Å². The average Bonchev–Trinajstić information content (AvgIpc) is 3.03. The van der Waals surface area contributed by atoms with Crippen LogP contribution in [0.1, 0.15) is 40.0 Å². The van der Waals surface area contributed by atoms with Crippen LogP contribution >= 0.6 is 11.3 Å². The Morgan fingerprint density at radius 3 is 2.96 bits per heavy atom. The third-order valence-electron chi connectivity index (χ3n) is 5.49. The summed E-state index contributed by atoms with van der Waals surface area (Å²) in [6.07, 6.45) is 4.79. The smallest absolute Gasteiger partial charge is 0.262 e. The largest absolute Gasteiger partial charge is 0.338 e. The highest BCUT2D eigenvalue weighted by Crippen LogP contribution is 2.52. The van der Waals surface area contributed by atoms with Crippen molar-refractivity contribution in [1.29, 1.82) is 0 Å². The first-order valence-corrected chi connectivity index (χ1v) is 9.37. The Bertz CT molecular complexity index is 869. The minimum atomic E-state index is -0.122. The molecule has 0 unspecified atom stereocenters. The molecule has 0 spiro atoms. The predicted molar refractivity (Wildman–Crippen MR) is 95.1 cm³/mol. The lowest BCUT2D eigenvalue weighted by atomic mass is 9.65. The van der Waals surface area contributed by atoms with Gasteiger partial charge in [0.2, 0.25) is 5.91 Å². The normalized spacial score (nSPS) is 28.5. The fourth-order valence-corrected chi connectivity index (χ4v) is 5.72. The van der Waals surface area contributed by atoms with Gasteiger partial charge in [-0.3, -0.25) is 14.2 Å². The maximum absolute atomic E-state index is 12.9. The molecular formula is C18H23N3O2S. The molecule has 2 bridgehead atoms. The average molecular weight is 345 g/mol. The Balaban J connectivity index is 1.58. The van der Waals surface area contributed by atoms with Crippen LogP contribution in [0.5, 0.6) is 0 Å². The molecule has 2 aromatic rings. The Morgan fingerprint density at radius 1 is 1.38 bits per heavy atom. The van der Waals surface area contributed by atoms with Crippen molar-refractivity contribution in [1.82, 2.24) is 14.5 Å². The summed E-state index contributed by atoms with van der Waals surface area (Å²) in [6, 6.07) is 2.09. The summed E-state index contributed by atoms with van der Waals surface area (Å²) in [6.45, 7) is 7.78. The molecule has 1 saturated carbocycles. The molecular weight excluding hydrogens is 322 g/mol. The maximum atomic E-state index is 12.9. The second-order valence-electron chi connectivity index (χ2n) is 8.55. The first kappa shape index (κ1) is 15.8. The summed E-state index contributed by atoms with van der Waals surface area (Å²) in [5.74, 6) is 0.0416. The van der Waals surface area contributed by atoms with E-state index < -0.39 is 0 Å². The molecule has 24 heavy (non-hydrogen) atoms. The van der Waals surface area contributed by atoms with Gasteiger partial charge in [0.15, 0.2) is 0 Å². The van der Waals surface area contributed by atoms with Gasteiger partial charge in [0.25, 0.3) is 5.56 Å². The van der Waals surface area contributed by atoms with E-state index in [1.807, 2.05) is 10.3 Å². The van der Waals surface area contributed by atoms with Gasteiger partial charge in [-0.1, -0.05) is 20.8 Å². The number of aromatic nitrogens is 2. The second kappa shape index (κ2) is 5.15. The Hall–Kier alpha value is -1.69. The van der Waals surface area contributed by atoms with E-state index in [0.29, 0.717) is 11.4 Å². The maximum Gasteiger partial charge on any atom is 0.262 e. The molecule has 2 fully saturated rings. The molecule has 2 atom stereocenters. The predicted octanol–water partition coefficient (Wildman–Crippen LogP) is 2.89. The van der Waals surface area contributed by atoms with Crippen LogP contribution in [0, 0.1) is 10.8 Å². The lowest BCUT2D eigenvalue weighted by molar-refractivity contribution is -0.133. The highest BCUT2D eigenvalue weighted by molar-refractivity contribution is 7.16. The number of likely N-dealkylation sites (tertiary alicyclic amines) is 1. The molecule has 0 aromatic carbocycles. The zero-order valence-electron chi connectivity index (χ0n) is 14.4. The minimum absolute atomic E-state index is 0.0416. The first-order chi connectivity index (χ1) is 11.3. The number of rotatable bonds is 2. The van der Waals surface area contributed by atoms with Crippen LogP contribution in [0.4, 0.5) is 0 Å². The van der Waals surface area contributed by atoms with Gasteiger partial charge in [-0.05, 0) is 41.5 Å². The molecule has 6 heteroatoms. The number of fused-ring (bicyclic) bond motifs is 3. The third-order valence-corrected chi connectivity index (χ3v) is 6.31. The van der Waals surface area contributed by atoms with E-state index in [4.69, 9.17) is 0 Å². The monoisotopic (exact) mass is 345 g/mol. The third kappa shape index (κ3) is 2.57. The van der Waals surface area contributed by atoms with Crippen molar-refractivity contribution in [3.8, 4) is 0 Å². The zero-order valence-corrected chi connectivity index (χ0v) is 15.2. The molecule has 128 valence electrons. The van der Waals surface area contributed by atoms with Crippen molar-refractivity contribution in [2.45, 2.75) is 52.6 Å². The molecule has 0 radical (unpaired) electrons. The van der Waals surface area contributed by atoms with Gasteiger partial charge in [0, 0.05) is 12.6 Å². The number of carbonyl (C=O) groups is 1. The van der Waals surface area contributed by atoms with Gasteiger partial charge < -0.3 is 4.90 Å². The van der Waals surface area contributed by atoms with Crippen LogP contribution < -0.4 is 5.56 Å². The minimum Gasteiger partial charge on any atom is -0.338 e. The van der Waals surface area contributed by atoms with Crippen molar-refractivity contribution in [2.24, 2.45) is 10.8 Å². The summed E-state index contributed by atoms with van der Waals surface area (Å²) in [7, 11) is 0. The SMILES string of the molecule is CC1(C)C[C@H]2C[C@@](C)(CN2C(=O)Cn2cnc3sccc3c2=O)C1. The molecule has 2 aromatic heterocycles. The standard InChI is InChI=1S/C18H23N3O2S/c1-17(2)6-12-7-18(3,9-17)10-21(12)14(22)8-20-11-19-15-13(16(20)23)4-5-24-15/h4-5,11-12H,6-10H2,1-3H3/t12-,18+/m0/s1. The number of hydrogen-bond acceptors (Lipinski definition) is 4. The van der Waals surface area contributed by atoms with Gasteiger partial charge in [-0.2, -0.15) is 0 Å². The summed E-state index contributed by atoms with van der Waals surface area (Å²) in [5, 5.41) is 2.46. The first-order valence-electron chi connectivity index (χ1n) is 8.49. The van der Waals surface area contributed by atoms with Crippen molar-refractivity contribution < 1.29 is 4.79 Å². The van der Waals surface area contributed by atoms with Crippen LogP contribution in [0.2, 0.25) is 0 Å². The molecule has 1 saturated heterocycles. The van der Waals surface area contributed by atoms with Crippen LogP contribution in [-0.2, 0) is 11.3 Å². The number of carbonyl (C=O) groups excluding carboxylic acids is 1. The van der Waals surface area contributed by atoms with Crippen LogP contribution in [0.15, 0.2) is 22.6 Å². The van der Waals surface area contributed by atoms with E-state index >= 15 is 0 Å². The van der Waals surface area contributed by atoms with Gasteiger partial charge in [-0.25, -0.2) is 4.98 Å². The molecule has 4 rings (SSSR count). The number of thiophene rings is 1. The molecule has 3 heterocycles. The van der Waals surface area contributed by atoms with Crippen molar-refractivity contribution in [3.63, 3.8) is 0 Å². The number of amides is 1. The molecule has 1 aliphatic heterocycles. The van der Waals surface area contributed by atoms with Crippen LogP contribution in [0.3, 0.4) is 0 Å². The van der Waals surface area contributed by atoms with Crippen molar-refractivity contribution in [2.75, 3.05) is 6.54 Å². The van der Waals surface area contributed by atoms with E-state index in [1.54, 1.807) is 6.07 Å². The lowest BCUT2D eigenvalue weighted by Crippen LogP contribution is -2.40. The topological polar surface area (TPSA) is 55.2 Å². The zero-order chi connectivity index (χ0) is 17.1. The molecule has 5 nitrogen and oxygen atoms in total. The number of hydrogen-bond donors (Lipinski definition) is 0. The van der Waals surface area contributed by atoms with Crippen molar-refractivity contribution in [3.05, 3.63) is 28.1 Å². The van der Waals surface area contributed by atoms with Gasteiger partial charge in [0.1, 0.15) is 11.4 Å². The highest BCUT2D eigenvalue weighted by Gasteiger charge is 2.50. The Labute approximate surface area is 145 Å². The molecule has 0 N–H and O–H groups in total. The van der Waals surface area contributed by atoms with Gasteiger partial charge in [-0.15, -0.1) is 11.3 Å². The van der Waals surface area contributed by atoms with E-state index in [2.05, 4.69) is 25.8 Å². The summed E-state index contributed by atoms with van der Waals surface area (Å²) in [5.41, 5.74) is 0.367. The quantitative estimate of drug-likeness (QED) is 0.841. The lowest BCUT2D eigenvalue weighted by Gasteiger charge is -2.39. The molecule has 1 amide bonds. The second-order valence-corrected chi connectivity index (χ2v) is 9.45. The van der Waals surface area contributed by atoms with E-state index in [-0.39, 0.29) is 28.8 Å². The summed E-state index contributed by atoms with van der Waals surface area (Å²) in [4.78, 5) is 32.4. The molecule has 1 aliphatic carbocycles. The highest BCUT2D eigenvalue weighted by atomic mass is 32.1. The Morgan fingerprint density at radius 2 is 2.17 bits per heavy atom. The van der Waals surface area contributed by atoms with Crippen LogP contribution in [0.25, 0.3) is 10.2 Å². The Kier molecular flexibility index (Phi) is 3.39. The van der Waals surface area contributed by atoms with Gasteiger partial charge in [0.05, 0.1) is 11.7 Å². The van der Waals surface area contributed by atoms with Crippen molar-refractivity contribution >= 4 is 27.5 Å². The molecule has 2 aliphatic rings. The van der Waals surface area contributed by atoms with E-state index in [0.717, 1.165) is 30.6 Å². The number of nitrogens with zero attached hydrogens (tertiary/aromatic N) is 3. The summed E-state index contributed by atoms with van der Waals surface area (Å²) >= 11 is 1.45. The fraction of sp³-hybridized carbons (Fsp3) is 0.611. The van der Waals surface area contributed by atoms with Gasteiger partial charge >= 0.3 is 0 Å².